The van der Waals surface area contributed by atoms with Crippen LogP contribution in [0.4, 0.5) is 5.69 Å². The summed E-state index contributed by atoms with van der Waals surface area (Å²) in [6.45, 7) is 2.12. The number of carbonyl (C=O) groups excluding carboxylic acids is 1. The maximum Gasteiger partial charge on any atom is 0.270 e. The van der Waals surface area contributed by atoms with Crippen molar-refractivity contribution >= 4 is 11.6 Å². The molecule has 1 aromatic carbocycles. The first-order valence-electron chi connectivity index (χ1n) is 10.3. The predicted octanol–water partition coefficient (Wildman–Crippen LogP) is 2.70. The number of nitrogens with one attached hydrogen (secondary N) is 1. The molecule has 0 aliphatic carbocycles. The Bertz CT molecular complexity index is 980. The molecule has 1 aliphatic heterocycles. The van der Waals surface area contributed by atoms with Crippen molar-refractivity contribution in [1.82, 2.24) is 19.9 Å². The van der Waals surface area contributed by atoms with Crippen LogP contribution in [0, 0.1) is 5.92 Å². The molecule has 0 radical (unpaired) electrons. The molecule has 1 saturated heterocycles. The topological polar surface area (TPSA) is 83.3 Å². The molecular formula is C23H27N5O2. The Morgan fingerprint density at radius 1 is 1.17 bits per heavy atom. The highest BCUT2D eigenvalue weighted by Gasteiger charge is 2.28. The number of anilines is 1. The van der Waals surface area contributed by atoms with Gasteiger partial charge < -0.3 is 19.9 Å². The van der Waals surface area contributed by atoms with Crippen molar-refractivity contribution in [3.63, 3.8) is 0 Å². The number of aliphatic hydroxyl groups is 1. The van der Waals surface area contributed by atoms with Crippen molar-refractivity contribution in [3.8, 4) is 0 Å². The van der Waals surface area contributed by atoms with Crippen LogP contribution in [-0.4, -0.2) is 38.6 Å². The molecule has 7 heteroatoms. The number of benzene rings is 1. The average Bonchev–Trinajstić information content (AvgIpc) is 3.23. The maximum atomic E-state index is 12.5. The van der Waals surface area contributed by atoms with Gasteiger partial charge in [0.2, 0.25) is 0 Å². The summed E-state index contributed by atoms with van der Waals surface area (Å²) >= 11 is 0. The van der Waals surface area contributed by atoms with Gasteiger partial charge in [-0.25, -0.2) is 4.98 Å². The third-order valence-corrected chi connectivity index (χ3v) is 5.75. The first-order valence-corrected chi connectivity index (χ1v) is 10.3. The molecule has 1 amide bonds. The van der Waals surface area contributed by atoms with Crippen LogP contribution in [0.15, 0.2) is 61.1 Å². The Balaban J connectivity index is 1.35. The molecule has 156 valence electrons. The lowest BCUT2D eigenvalue weighted by atomic mass is 9.90. The van der Waals surface area contributed by atoms with E-state index in [0.717, 1.165) is 43.0 Å². The number of pyridine rings is 1. The van der Waals surface area contributed by atoms with Crippen molar-refractivity contribution in [3.05, 3.63) is 78.1 Å². The average molecular weight is 406 g/mol. The third-order valence-electron chi connectivity index (χ3n) is 5.75. The molecule has 3 heterocycles. The second-order valence-electron chi connectivity index (χ2n) is 7.73. The summed E-state index contributed by atoms with van der Waals surface area (Å²) in [6, 6.07) is 13.6. The molecule has 1 aliphatic rings. The third kappa shape index (κ3) is 4.52. The first-order chi connectivity index (χ1) is 14.6. The van der Waals surface area contributed by atoms with E-state index in [1.165, 1.54) is 0 Å². The number of hydrogen-bond acceptors (Lipinski definition) is 5. The molecule has 1 atom stereocenters. The Morgan fingerprint density at radius 3 is 2.63 bits per heavy atom. The monoisotopic (exact) mass is 405 g/mol. The van der Waals surface area contributed by atoms with Gasteiger partial charge >= 0.3 is 0 Å². The molecule has 4 rings (SSSR count). The van der Waals surface area contributed by atoms with Crippen molar-refractivity contribution in [2.24, 2.45) is 13.0 Å². The number of amides is 1. The van der Waals surface area contributed by atoms with Gasteiger partial charge in [0, 0.05) is 51.0 Å². The van der Waals surface area contributed by atoms with Crippen molar-refractivity contribution in [2.75, 3.05) is 18.0 Å². The molecule has 2 N–H and O–H groups in total. The molecule has 7 nitrogen and oxygen atoms in total. The maximum absolute atomic E-state index is 12.5. The van der Waals surface area contributed by atoms with Crippen LogP contribution in [0.25, 0.3) is 0 Å². The van der Waals surface area contributed by atoms with E-state index in [9.17, 15) is 9.90 Å². The second-order valence-corrected chi connectivity index (χ2v) is 7.73. The zero-order valence-corrected chi connectivity index (χ0v) is 17.1. The number of aryl methyl sites for hydroxylation is 1. The van der Waals surface area contributed by atoms with Gasteiger partial charge in [-0.2, -0.15) is 0 Å². The number of aliphatic hydroxyl groups excluding tert-OH is 1. The largest absolute Gasteiger partial charge is 0.385 e. The summed E-state index contributed by atoms with van der Waals surface area (Å²) in [5, 5.41) is 13.6. The van der Waals surface area contributed by atoms with E-state index >= 15 is 0 Å². The molecule has 3 aromatic rings. The summed E-state index contributed by atoms with van der Waals surface area (Å²) < 4.78 is 1.88. The smallest absolute Gasteiger partial charge is 0.270 e. The van der Waals surface area contributed by atoms with E-state index in [-0.39, 0.29) is 11.8 Å². The van der Waals surface area contributed by atoms with Crippen molar-refractivity contribution < 1.29 is 9.90 Å². The zero-order valence-electron chi connectivity index (χ0n) is 17.1. The summed E-state index contributed by atoms with van der Waals surface area (Å²) in [6.07, 6.45) is 6.44. The molecule has 30 heavy (non-hydrogen) atoms. The van der Waals surface area contributed by atoms with Crippen LogP contribution in [0.3, 0.4) is 0 Å². The Kier molecular flexibility index (Phi) is 6.09. The van der Waals surface area contributed by atoms with Crippen LogP contribution in [-0.2, 0) is 13.6 Å². The quantitative estimate of drug-likeness (QED) is 0.659. The van der Waals surface area contributed by atoms with Gasteiger partial charge in [-0.1, -0.05) is 30.3 Å². The van der Waals surface area contributed by atoms with E-state index in [0.29, 0.717) is 12.2 Å². The molecular weight excluding hydrogens is 378 g/mol. The van der Waals surface area contributed by atoms with Gasteiger partial charge in [-0.15, -0.1) is 0 Å². The van der Waals surface area contributed by atoms with Crippen LogP contribution in [0.1, 0.15) is 40.8 Å². The fraction of sp³-hybridized carbons (Fsp3) is 0.348. The summed E-state index contributed by atoms with van der Waals surface area (Å²) in [5.74, 6) is 0.716. The summed E-state index contributed by atoms with van der Waals surface area (Å²) in [5.41, 5.74) is 2.45. The Morgan fingerprint density at radius 2 is 1.93 bits per heavy atom. The fourth-order valence-corrected chi connectivity index (χ4v) is 3.96. The van der Waals surface area contributed by atoms with E-state index in [2.05, 4.69) is 20.2 Å². The molecule has 1 fully saturated rings. The van der Waals surface area contributed by atoms with Gasteiger partial charge in [0.25, 0.3) is 5.91 Å². The number of rotatable bonds is 6. The fourth-order valence-electron chi connectivity index (χ4n) is 3.96. The van der Waals surface area contributed by atoms with Crippen LogP contribution < -0.4 is 10.2 Å². The predicted molar refractivity (Wildman–Crippen MR) is 115 cm³/mol. The number of carbonyl (C=O) groups is 1. The minimum absolute atomic E-state index is 0.179. The molecule has 0 spiro atoms. The number of nitrogens with zero attached hydrogens (tertiary/aromatic N) is 4. The van der Waals surface area contributed by atoms with E-state index in [4.69, 9.17) is 0 Å². The highest BCUT2D eigenvalue weighted by Crippen LogP contribution is 2.31. The summed E-state index contributed by atoms with van der Waals surface area (Å²) in [7, 11) is 1.90. The van der Waals surface area contributed by atoms with Crippen LogP contribution >= 0.6 is 0 Å². The highest BCUT2D eigenvalue weighted by molar-refractivity contribution is 5.93. The van der Waals surface area contributed by atoms with E-state index < -0.39 is 6.10 Å². The van der Waals surface area contributed by atoms with Gasteiger partial charge in [0.15, 0.2) is 0 Å². The Hall–Kier alpha value is -3.19. The van der Waals surface area contributed by atoms with Gasteiger partial charge in [-0.05, 0) is 36.5 Å². The van der Waals surface area contributed by atoms with E-state index in [1.807, 2.05) is 60.3 Å². The minimum atomic E-state index is -0.552. The van der Waals surface area contributed by atoms with Gasteiger partial charge in [0.05, 0.1) is 0 Å². The number of imidazole rings is 1. The molecule has 0 saturated carbocycles. The highest BCUT2D eigenvalue weighted by atomic mass is 16.3. The second kappa shape index (κ2) is 9.09. The van der Waals surface area contributed by atoms with Crippen LogP contribution in [0.5, 0.6) is 0 Å². The van der Waals surface area contributed by atoms with Gasteiger partial charge in [0.1, 0.15) is 17.6 Å². The lowest BCUT2D eigenvalue weighted by molar-refractivity contribution is 0.0825. The SMILES string of the molecule is Cn1ccnc1C(O)C1CCN(c2ccnc(C(=O)NCc3ccccc3)c2)CC1. The van der Waals surface area contributed by atoms with Crippen molar-refractivity contribution in [1.29, 1.82) is 0 Å². The molecule has 0 bridgehead atoms. The van der Waals surface area contributed by atoms with Gasteiger partial charge in [-0.3, -0.25) is 9.78 Å². The molecule has 1 unspecified atom stereocenters. The van der Waals surface area contributed by atoms with Crippen molar-refractivity contribution in [2.45, 2.75) is 25.5 Å². The number of piperidine rings is 1. The Labute approximate surface area is 176 Å². The standard InChI is InChI=1S/C23H27N5O2/c1-27-14-11-25-22(27)21(29)18-8-12-28(13-9-18)19-7-10-24-20(15-19)23(30)26-16-17-5-3-2-4-6-17/h2-7,10-11,14-15,18,21,29H,8-9,12-13,16H2,1H3,(H,26,30). The molecule has 2 aromatic heterocycles. The number of aromatic nitrogens is 3. The minimum Gasteiger partial charge on any atom is -0.385 e. The van der Waals surface area contributed by atoms with E-state index in [1.54, 1.807) is 12.4 Å². The summed E-state index contributed by atoms with van der Waals surface area (Å²) in [4.78, 5) is 23.3. The zero-order chi connectivity index (χ0) is 20.9. The normalized spacial score (nSPS) is 15.7. The van der Waals surface area contributed by atoms with Crippen LogP contribution in [0.2, 0.25) is 0 Å². The lowest BCUT2D eigenvalue weighted by Crippen LogP contribution is -2.36. The lowest BCUT2D eigenvalue weighted by Gasteiger charge is -2.35. The number of hydrogen-bond donors (Lipinski definition) is 2. The first kappa shape index (κ1) is 20.1.